The van der Waals surface area contributed by atoms with E-state index in [0.717, 1.165) is 11.3 Å². The molecule has 22 heavy (non-hydrogen) atoms. The van der Waals surface area contributed by atoms with E-state index in [9.17, 15) is 10.1 Å². The Labute approximate surface area is 127 Å². The first-order chi connectivity index (χ1) is 10.7. The van der Waals surface area contributed by atoms with Gasteiger partial charge in [0.15, 0.2) is 0 Å². The normalized spacial score (nSPS) is 20.7. The number of rotatable bonds is 3. The van der Waals surface area contributed by atoms with E-state index in [4.69, 9.17) is 9.15 Å². The van der Waals surface area contributed by atoms with Gasteiger partial charge in [-0.05, 0) is 35.9 Å². The standard InChI is InChI=1S/C17H14N2O3/c1-21-12-6-4-11(5-7-12)13-9-15(16-3-2-8-22-16)19-17(20)14(13)10-18/h2-9,13-14H,1H3,(H,19,20)/t13-,14+/m0/s1. The first kappa shape index (κ1) is 14.0. The van der Waals surface area contributed by atoms with Crippen molar-refractivity contribution in [2.24, 2.45) is 5.92 Å². The number of hydrogen-bond donors (Lipinski definition) is 1. The summed E-state index contributed by atoms with van der Waals surface area (Å²) in [5.41, 5.74) is 1.47. The molecule has 1 aliphatic rings. The first-order valence-corrected chi connectivity index (χ1v) is 6.83. The minimum Gasteiger partial charge on any atom is -0.497 e. The van der Waals surface area contributed by atoms with Crippen molar-refractivity contribution in [1.82, 2.24) is 5.32 Å². The molecule has 5 nitrogen and oxygen atoms in total. The Morgan fingerprint density at radius 1 is 1.27 bits per heavy atom. The molecule has 2 aromatic rings. The van der Waals surface area contributed by atoms with Crippen LogP contribution < -0.4 is 10.1 Å². The lowest BCUT2D eigenvalue weighted by Gasteiger charge is -2.25. The molecule has 1 aromatic heterocycles. The first-order valence-electron chi connectivity index (χ1n) is 6.83. The Balaban J connectivity index is 2.02. The van der Waals surface area contributed by atoms with Crippen LogP contribution in [0.2, 0.25) is 0 Å². The van der Waals surface area contributed by atoms with Gasteiger partial charge in [-0.2, -0.15) is 5.26 Å². The lowest BCUT2D eigenvalue weighted by atomic mass is 9.83. The monoisotopic (exact) mass is 294 g/mol. The highest BCUT2D eigenvalue weighted by Crippen LogP contribution is 2.33. The molecule has 2 atom stereocenters. The predicted octanol–water partition coefficient (Wildman–Crippen LogP) is 2.68. The summed E-state index contributed by atoms with van der Waals surface area (Å²) in [4.78, 5) is 12.2. The SMILES string of the molecule is COc1ccc([C@@H]2C=C(c3ccco3)NC(=O)[C@@H]2C#N)cc1. The maximum absolute atomic E-state index is 12.2. The quantitative estimate of drug-likeness (QED) is 0.944. The molecule has 0 bridgehead atoms. The van der Waals surface area contributed by atoms with E-state index in [2.05, 4.69) is 11.4 Å². The highest BCUT2D eigenvalue weighted by molar-refractivity contribution is 5.93. The number of furan rings is 1. The van der Waals surface area contributed by atoms with Crippen molar-refractivity contribution in [3.63, 3.8) is 0 Å². The van der Waals surface area contributed by atoms with Crippen molar-refractivity contribution < 1.29 is 13.9 Å². The Bertz CT molecular complexity index is 739. The highest BCUT2D eigenvalue weighted by atomic mass is 16.5. The smallest absolute Gasteiger partial charge is 0.242 e. The van der Waals surface area contributed by atoms with Crippen LogP contribution in [0.3, 0.4) is 0 Å². The topological polar surface area (TPSA) is 75.3 Å². The molecule has 2 heterocycles. The summed E-state index contributed by atoms with van der Waals surface area (Å²) in [6, 6.07) is 13.0. The van der Waals surface area contributed by atoms with Crippen molar-refractivity contribution >= 4 is 11.6 Å². The van der Waals surface area contributed by atoms with Gasteiger partial charge in [0.2, 0.25) is 5.91 Å². The van der Waals surface area contributed by atoms with E-state index in [-0.39, 0.29) is 11.8 Å². The molecule has 3 rings (SSSR count). The van der Waals surface area contributed by atoms with Crippen molar-refractivity contribution in [2.45, 2.75) is 5.92 Å². The van der Waals surface area contributed by atoms with Gasteiger partial charge in [0, 0.05) is 5.92 Å². The van der Waals surface area contributed by atoms with Crippen LogP contribution in [-0.2, 0) is 4.79 Å². The molecule has 1 aromatic carbocycles. The van der Waals surface area contributed by atoms with Gasteiger partial charge in [0.1, 0.15) is 17.4 Å². The van der Waals surface area contributed by atoms with Gasteiger partial charge in [0.05, 0.1) is 25.1 Å². The lowest BCUT2D eigenvalue weighted by Crippen LogP contribution is -2.36. The summed E-state index contributed by atoms with van der Waals surface area (Å²) in [5.74, 6) is -0.120. The van der Waals surface area contributed by atoms with Crippen molar-refractivity contribution in [3.05, 3.63) is 60.1 Å². The average molecular weight is 294 g/mol. The summed E-state index contributed by atoms with van der Waals surface area (Å²) >= 11 is 0. The Morgan fingerprint density at radius 2 is 2.05 bits per heavy atom. The van der Waals surface area contributed by atoms with E-state index in [1.54, 1.807) is 25.5 Å². The third-order valence-electron chi connectivity index (χ3n) is 3.67. The van der Waals surface area contributed by atoms with Gasteiger partial charge in [-0.1, -0.05) is 12.1 Å². The van der Waals surface area contributed by atoms with E-state index in [1.165, 1.54) is 0 Å². The fraction of sp³-hybridized carbons (Fsp3) is 0.176. The molecule has 5 heteroatoms. The third kappa shape index (κ3) is 2.47. The minimum atomic E-state index is -0.771. The summed E-state index contributed by atoms with van der Waals surface area (Å²) in [6.45, 7) is 0. The molecule has 1 aliphatic heterocycles. The number of carbonyl (C=O) groups is 1. The Morgan fingerprint density at radius 3 is 2.64 bits per heavy atom. The van der Waals surface area contributed by atoms with Gasteiger partial charge in [0.25, 0.3) is 0 Å². The second-order valence-corrected chi connectivity index (χ2v) is 4.95. The van der Waals surface area contributed by atoms with Gasteiger partial charge in [-0.3, -0.25) is 4.79 Å². The van der Waals surface area contributed by atoms with Crippen LogP contribution in [-0.4, -0.2) is 13.0 Å². The van der Waals surface area contributed by atoms with Gasteiger partial charge in [-0.15, -0.1) is 0 Å². The molecule has 0 radical (unpaired) electrons. The van der Waals surface area contributed by atoms with Crippen molar-refractivity contribution in [3.8, 4) is 11.8 Å². The number of nitrogens with one attached hydrogen (secondary N) is 1. The zero-order chi connectivity index (χ0) is 15.5. The zero-order valence-corrected chi connectivity index (χ0v) is 11.9. The molecule has 110 valence electrons. The van der Waals surface area contributed by atoms with E-state index < -0.39 is 5.92 Å². The number of methoxy groups -OCH3 is 1. The largest absolute Gasteiger partial charge is 0.497 e. The van der Waals surface area contributed by atoms with E-state index in [1.807, 2.05) is 30.3 Å². The number of nitriles is 1. The fourth-order valence-electron chi connectivity index (χ4n) is 2.52. The highest BCUT2D eigenvalue weighted by Gasteiger charge is 2.33. The summed E-state index contributed by atoms with van der Waals surface area (Å²) in [5, 5.41) is 12.0. The number of ether oxygens (including phenoxy) is 1. The molecule has 1 N–H and O–H groups in total. The molecule has 0 fully saturated rings. The van der Waals surface area contributed by atoms with Crippen LogP contribution in [0.25, 0.3) is 5.70 Å². The van der Waals surface area contributed by atoms with Gasteiger partial charge < -0.3 is 14.5 Å². The number of nitrogens with zero attached hydrogens (tertiary/aromatic N) is 1. The minimum absolute atomic E-state index is 0.322. The molecule has 0 spiro atoms. The number of carbonyl (C=O) groups excluding carboxylic acids is 1. The number of allylic oxidation sites excluding steroid dienone is 1. The van der Waals surface area contributed by atoms with Gasteiger partial charge in [-0.25, -0.2) is 0 Å². The lowest BCUT2D eigenvalue weighted by molar-refractivity contribution is -0.122. The number of hydrogen-bond acceptors (Lipinski definition) is 4. The Hall–Kier alpha value is -3.00. The maximum Gasteiger partial charge on any atom is 0.242 e. The van der Waals surface area contributed by atoms with Crippen LogP contribution in [0.4, 0.5) is 0 Å². The van der Waals surface area contributed by atoms with Crippen molar-refractivity contribution in [1.29, 1.82) is 5.26 Å². The maximum atomic E-state index is 12.2. The number of amides is 1. The summed E-state index contributed by atoms with van der Waals surface area (Å²) in [6.07, 6.45) is 3.40. The molecular weight excluding hydrogens is 280 g/mol. The van der Waals surface area contributed by atoms with Gasteiger partial charge >= 0.3 is 0 Å². The predicted molar refractivity (Wildman–Crippen MR) is 79.7 cm³/mol. The average Bonchev–Trinajstić information content (AvgIpc) is 3.08. The van der Waals surface area contributed by atoms with Crippen LogP contribution >= 0.6 is 0 Å². The summed E-state index contributed by atoms with van der Waals surface area (Å²) < 4.78 is 10.5. The van der Waals surface area contributed by atoms with E-state index >= 15 is 0 Å². The Kier molecular flexibility index (Phi) is 3.67. The van der Waals surface area contributed by atoms with Crippen molar-refractivity contribution in [2.75, 3.05) is 7.11 Å². The van der Waals surface area contributed by atoms with E-state index in [0.29, 0.717) is 11.5 Å². The van der Waals surface area contributed by atoms with Crippen LogP contribution in [0, 0.1) is 17.2 Å². The third-order valence-corrected chi connectivity index (χ3v) is 3.67. The molecule has 0 saturated carbocycles. The zero-order valence-electron chi connectivity index (χ0n) is 11.9. The molecule has 1 amide bonds. The number of benzene rings is 1. The molecule has 0 saturated heterocycles. The second-order valence-electron chi connectivity index (χ2n) is 4.95. The van der Waals surface area contributed by atoms with Crippen LogP contribution in [0.5, 0.6) is 5.75 Å². The second kappa shape index (κ2) is 5.78. The molecule has 0 unspecified atom stereocenters. The van der Waals surface area contributed by atoms with Crippen LogP contribution in [0.15, 0.2) is 53.2 Å². The summed E-state index contributed by atoms with van der Waals surface area (Å²) in [7, 11) is 1.59. The molecular formula is C17H14N2O3. The van der Waals surface area contributed by atoms with Crippen LogP contribution in [0.1, 0.15) is 17.2 Å². The fourth-order valence-corrected chi connectivity index (χ4v) is 2.52. The molecule has 0 aliphatic carbocycles.